The van der Waals surface area contributed by atoms with Gasteiger partial charge in [-0.3, -0.25) is 15.6 Å². The highest BCUT2D eigenvalue weighted by Crippen LogP contribution is 2.20. The van der Waals surface area contributed by atoms with Crippen LogP contribution in [0.25, 0.3) is 0 Å². The molecule has 2 aromatic rings. The standard InChI is InChI=1S/C18H15N5O/c1-12-7-9-15(10-8-12)23-18(24)17(13(2)22-23)21-20-16-6-4-3-5-14(16)11-19/h3-10,20,22H,2H2,1H3/b21-17-. The smallest absolute Gasteiger partial charge is 0.289 e. The van der Waals surface area contributed by atoms with Gasteiger partial charge in [0.25, 0.3) is 5.91 Å². The highest BCUT2D eigenvalue weighted by atomic mass is 16.2. The number of hydrogen-bond donors (Lipinski definition) is 2. The van der Waals surface area contributed by atoms with Crippen molar-refractivity contribution in [1.82, 2.24) is 5.43 Å². The molecule has 0 aromatic heterocycles. The number of hydrazone groups is 1. The van der Waals surface area contributed by atoms with E-state index in [0.29, 0.717) is 22.6 Å². The minimum absolute atomic E-state index is 0.170. The first kappa shape index (κ1) is 15.3. The number of benzene rings is 2. The fourth-order valence-electron chi connectivity index (χ4n) is 2.26. The minimum atomic E-state index is -0.314. The Bertz CT molecular complexity index is 877. The monoisotopic (exact) mass is 317 g/mol. The van der Waals surface area contributed by atoms with Gasteiger partial charge in [0.15, 0.2) is 5.71 Å². The molecule has 1 amide bonds. The predicted octanol–water partition coefficient (Wildman–Crippen LogP) is 2.70. The third kappa shape index (κ3) is 2.83. The van der Waals surface area contributed by atoms with Gasteiger partial charge >= 0.3 is 0 Å². The second-order valence-corrected chi connectivity index (χ2v) is 5.30. The summed E-state index contributed by atoms with van der Waals surface area (Å²) < 4.78 is 0. The van der Waals surface area contributed by atoms with Gasteiger partial charge in [-0.25, -0.2) is 5.01 Å². The molecule has 2 aromatic carbocycles. The van der Waals surface area contributed by atoms with Gasteiger partial charge in [0.05, 0.1) is 22.6 Å². The number of carbonyl (C=O) groups is 1. The van der Waals surface area contributed by atoms with Crippen LogP contribution in [0, 0.1) is 18.3 Å². The molecular formula is C18H15N5O. The number of carbonyl (C=O) groups excluding carboxylic acids is 1. The Kier molecular flexibility index (Phi) is 4.00. The van der Waals surface area contributed by atoms with Crippen LogP contribution in [0.4, 0.5) is 11.4 Å². The van der Waals surface area contributed by atoms with Crippen molar-refractivity contribution in [2.24, 2.45) is 5.10 Å². The van der Waals surface area contributed by atoms with Crippen LogP contribution in [0.5, 0.6) is 0 Å². The zero-order valence-corrected chi connectivity index (χ0v) is 13.1. The van der Waals surface area contributed by atoms with Crippen LogP contribution >= 0.6 is 0 Å². The van der Waals surface area contributed by atoms with E-state index in [1.54, 1.807) is 24.3 Å². The molecule has 6 heteroatoms. The molecule has 0 bridgehead atoms. The second-order valence-electron chi connectivity index (χ2n) is 5.30. The lowest BCUT2D eigenvalue weighted by Gasteiger charge is -2.15. The van der Waals surface area contributed by atoms with Crippen molar-refractivity contribution in [3.8, 4) is 6.07 Å². The van der Waals surface area contributed by atoms with Gasteiger partial charge < -0.3 is 0 Å². The molecule has 1 aliphatic heterocycles. The van der Waals surface area contributed by atoms with Gasteiger partial charge in [0, 0.05) is 0 Å². The van der Waals surface area contributed by atoms with E-state index < -0.39 is 0 Å². The van der Waals surface area contributed by atoms with E-state index in [-0.39, 0.29) is 11.6 Å². The summed E-state index contributed by atoms with van der Waals surface area (Å²) in [5.74, 6) is -0.314. The van der Waals surface area contributed by atoms with Crippen LogP contribution in [-0.4, -0.2) is 11.6 Å². The van der Waals surface area contributed by atoms with E-state index >= 15 is 0 Å². The zero-order valence-electron chi connectivity index (χ0n) is 13.1. The fourth-order valence-corrected chi connectivity index (χ4v) is 2.26. The Labute approximate surface area is 139 Å². The van der Waals surface area contributed by atoms with E-state index in [9.17, 15) is 4.79 Å². The molecule has 0 radical (unpaired) electrons. The molecule has 3 rings (SSSR count). The van der Waals surface area contributed by atoms with Crippen molar-refractivity contribution in [3.05, 3.63) is 71.9 Å². The Morgan fingerprint density at radius 1 is 1.21 bits per heavy atom. The van der Waals surface area contributed by atoms with Crippen LogP contribution in [0.15, 0.2) is 65.9 Å². The SMILES string of the molecule is C=C1NN(c2ccc(C)cc2)C(=O)/C1=N\Nc1ccccc1C#N. The van der Waals surface area contributed by atoms with Gasteiger partial charge in [-0.05, 0) is 31.2 Å². The van der Waals surface area contributed by atoms with Gasteiger partial charge in [-0.1, -0.05) is 36.4 Å². The van der Waals surface area contributed by atoms with Crippen LogP contribution in [0.3, 0.4) is 0 Å². The maximum atomic E-state index is 12.5. The Morgan fingerprint density at radius 2 is 1.92 bits per heavy atom. The van der Waals surface area contributed by atoms with Crippen LogP contribution in [0.1, 0.15) is 11.1 Å². The van der Waals surface area contributed by atoms with Crippen molar-refractivity contribution in [2.45, 2.75) is 6.92 Å². The summed E-state index contributed by atoms with van der Waals surface area (Å²) in [4.78, 5) is 12.5. The molecule has 1 saturated heterocycles. The molecule has 6 nitrogen and oxygen atoms in total. The third-order valence-electron chi connectivity index (χ3n) is 3.57. The number of hydrazine groups is 1. The number of nitrogens with one attached hydrogen (secondary N) is 2. The van der Waals surface area contributed by atoms with Crippen molar-refractivity contribution >= 4 is 23.0 Å². The van der Waals surface area contributed by atoms with Crippen LogP contribution in [0.2, 0.25) is 0 Å². The predicted molar refractivity (Wildman–Crippen MR) is 93.2 cm³/mol. The topological polar surface area (TPSA) is 80.5 Å². The molecule has 2 N–H and O–H groups in total. The number of hydrogen-bond acceptors (Lipinski definition) is 5. The third-order valence-corrected chi connectivity index (χ3v) is 3.57. The first-order chi connectivity index (χ1) is 11.6. The maximum absolute atomic E-state index is 12.5. The maximum Gasteiger partial charge on any atom is 0.299 e. The number of nitriles is 1. The first-order valence-electron chi connectivity index (χ1n) is 7.30. The van der Waals surface area contributed by atoms with E-state index in [4.69, 9.17) is 5.26 Å². The zero-order chi connectivity index (χ0) is 17.1. The Morgan fingerprint density at radius 3 is 2.62 bits per heavy atom. The van der Waals surface area contributed by atoms with Gasteiger partial charge in [-0.15, -0.1) is 0 Å². The highest BCUT2D eigenvalue weighted by Gasteiger charge is 2.32. The fraction of sp³-hybridized carbons (Fsp3) is 0.0556. The van der Waals surface area contributed by atoms with Crippen molar-refractivity contribution in [3.63, 3.8) is 0 Å². The molecule has 118 valence electrons. The van der Waals surface area contributed by atoms with E-state index in [1.807, 2.05) is 31.2 Å². The summed E-state index contributed by atoms with van der Waals surface area (Å²) >= 11 is 0. The number of amides is 1. The summed E-state index contributed by atoms with van der Waals surface area (Å²) in [5, 5.41) is 14.6. The van der Waals surface area contributed by atoms with Gasteiger partial charge in [-0.2, -0.15) is 10.4 Å². The lowest BCUT2D eigenvalue weighted by Crippen LogP contribution is -2.34. The summed E-state index contributed by atoms with van der Waals surface area (Å²) in [7, 11) is 0. The van der Waals surface area contributed by atoms with Crippen molar-refractivity contribution in [2.75, 3.05) is 10.4 Å². The molecule has 0 unspecified atom stereocenters. The number of nitrogens with zero attached hydrogens (tertiary/aromatic N) is 3. The molecule has 24 heavy (non-hydrogen) atoms. The number of anilines is 2. The second kappa shape index (κ2) is 6.26. The number of rotatable bonds is 3. The summed E-state index contributed by atoms with van der Waals surface area (Å²) in [6.07, 6.45) is 0. The highest BCUT2D eigenvalue weighted by molar-refractivity contribution is 6.51. The van der Waals surface area contributed by atoms with E-state index in [1.165, 1.54) is 5.01 Å². The van der Waals surface area contributed by atoms with E-state index in [0.717, 1.165) is 5.56 Å². The van der Waals surface area contributed by atoms with Gasteiger partial charge in [0.1, 0.15) is 6.07 Å². The number of aryl methyl sites for hydroxylation is 1. The molecule has 1 heterocycles. The normalized spacial score (nSPS) is 15.3. The minimum Gasteiger partial charge on any atom is -0.289 e. The Hall–Kier alpha value is -3.59. The average molecular weight is 317 g/mol. The number of para-hydroxylation sites is 1. The molecule has 1 aliphatic rings. The summed E-state index contributed by atoms with van der Waals surface area (Å²) in [5.41, 5.74) is 9.02. The van der Waals surface area contributed by atoms with Crippen molar-refractivity contribution in [1.29, 1.82) is 5.26 Å². The van der Waals surface area contributed by atoms with Gasteiger partial charge in [0.2, 0.25) is 0 Å². The first-order valence-corrected chi connectivity index (χ1v) is 7.30. The molecular weight excluding hydrogens is 302 g/mol. The molecule has 0 spiro atoms. The van der Waals surface area contributed by atoms with Crippen LogP contribution < -0.4 is 15.9 Å². The quantitative estimate of drug-likeness (QED) is 0.853. The molecule has 0 aliphatic carbocycles. The molecule has 1 fully saturated rings. The average Bonchev–Trinajstić information content (AvgIpc) is 2.88. The molecule has 0 atom stereocenters. The summed E-state index contributed by atoms with van der Waals surface area (Å²) in [6.45, 7) is 5.80. The van der Waals surface area contributed by atoms with Crippen molar-refractivity contribution < 1.29 is 4.79 Å². The van der Waals surface area contributed by atoms with Crippen LogP contribution in [-0.2, 0) is 4.79 Å². The Balaban J connectivity index is 1.84. The lowest BCUT2D eigenvalue weighted by atomic mass is 10.2. The molecule has 0 saturated carbocycles. The van der Waals surface area contributed by atoms with E-state index in [2.05, 4.69) is 28.6 Å². The lowest BCUT2D eigenvalue weighted by molar-refractivity contribution is -0.112. The summed E-state index contributed by atoms with van der Waals surface area (Å²) in [6, 6.07) is 16.5. The largest absolute Gasteiger partial charge is 0.299 e.